The maximum absolute atomic E-state index is 13.2. The fourth-order valence-corrected chi connectivity index (χ4v) is 2.74. The van der Waals surface area contributed by atoms with Gasteiger partial charge in [-0.2, -0.15) is 0 Å². The molecule has 1 aromatic carbocycles. The molecule has 0 saturated carbocycles. The fourth-order valence-electron chi connectivity index (χ4n) is 2.21. The van der Waals surface area contributed by atoms with Crippen molar-refractivity contribution in [3.8, 4) is 5.75 Å². The summed E-state index contributed by atoms with van der Waals surface area (Å²) in [6, 6.07) is 2.93. The van der Waals surface area contributed by atoms with Crippen molar-refractivity contribution in [2.75, 3.05) is 13.1 Å². The molecule has 1 aromatic rings. The number of fused-ring (bicyclic) bond motifs is 1. The Labute approximate surface area is 102 Å². The van der Waals surface area contributed by atoms with E-state index in [4.69, 9.17) is 4.74 Å². The third kappa shape index (κ3) is 1.57. The molecule has 1 spiro atoms. The first-order chi connectivity index (χ1) is 7.69. The number of hydrogen-bond acceptors (Lipinski definition) is 2. The van der Waals surface area contributed by atoms with Crippen molar-refractivity contribution < 1.29 is 9.13 Å². The molecule has 1 saturated heterocycles. The molecule has 0 radical (unpaired) electrons. The zero-order valence-corrected chi connectivity index (χ0v) is 10.2. The Hall–Kier alpha value is -0.870. The lowest BCUT2D eigenvalue weighted by molar-refractivity contribution is 0.138. The summed E-state index contributed by atoms with van der Waals surface area (Å²) in [5, 5.41) is 3.28. The van der Waals surface area contributed by atoms with Crippen molar-refractivity contribution in [1.29, 1.82) is 0 Å². The van der Waals surface area contributed by atoms with Gasteiger partial charge in [0.2, 0.25) is 0 Å². The van der Waals surface area contributed by atoms with Crippen molar-refractivity contribution in [3.63, 3.8) is 0 Å². The summed E-state index contributed by atoms with van der Waals surface area (Å²) in [6.45, 7) is 1.77. The second-order valence-corrected chi connectivity index (χ2v) is 5.09. The van der Waals surface area contributed by atoms with E-state index in [1.54, 1.807) is 0 Å². The zero-order chi connectivity index (χ0) is 11.2. The van der Waals surface area contributed by atoms with Crippen molar-refractivity contribution >= 4 is 22.0 Å². The Morgan fingerprint density at radius 2 is 2.31 bits per heavy atom. The van der Waals surface area contributed by atoms with Gasteiger partial charge in [0.1, 0.15) is 17.2 Å². The molecule has 1 fully saturated rings. The lowest BCUT2D eigenvalue weighted by Gasteiger charge is -2.31. The lowest BCUT2D eigenvalue weighted by atomic mass is 9.97. The summed E-state index contributed by atoms with van der Waals surface area (Å²) in [7, 11) is 0. The normalized spacial score (nSPS) is 26.9. The Kier molecular flexibility index (Phi) is 2.30. The van der Waals surface area contributed by atoms with Crippen LogP contribution in [-0.2, 0) is 0 Å². The largest absolute Gasteiger partial charge is 0.480 e. The molecule has 0 amide bonds. The van der Waals surface area contributed by atoms with Gasteiger partial charge in [-0.3, -0.25) is 0 Å². The highest BCUT2D eigenvalue weighted by Gasteiger charge is 2.36. The third-order valence-electron chi connectivity index (χ3n) is 3.06. The number of nitrogens with one attached hydrogen (secondary N) is 1. The van der Waals surface area contributed by atoms with Crippen molar-refractivity contribution in [2.24, 2.45) is 0 Å². The lowest BCUT2D eigenvalue weighted by Crippen LogP contribution is -2.37. The minimum absolute atomic E-state index is 0.243. The summed E-state index contributed by atoms with van der Waals surface area (Å²) in [4.78, 5) is 0. The van der Waals surface area contributed by atoms with Gasteiger partial charge in [-0.05, 0) is 40.7 Å². The van der Waals surface area contributed by atoms with E-state index in [-0.39, 0.29) is 11.4 Å². The summed E-state index contributed by atoms with van der Waals surface area (Å²) in [5.74, 6) is 0.493. The van der Waals surface area contributed by atoms with Crippen LogP contribution in [0.1, 0.15) is 12.0 Å². The van der Waals surface area contributed by atoms with Crippen molar-refractivity contribution in [1.82, 2.24) is 5.32 Å². The highest BCUT2D eigenvalue weighted by Crippen LogP contribution is 2.39. The van der Waals surface area contributed by atoms with Gasteiger partial charge >= 0.3 is 0 Å². The maximum Gasteiger partial charge on any atom is 0.142 e. The third-order valence-corrected chi connectivity index (χ3v) is 3.65. The van der Waals surface area contributed by atoms with E-state index in [2.05, 4.69) is 21.2 Å². The Bertz CT molecular complexity index is 466. The van der Waals surface area contributed by atoms with Crippen LogP contribution in [-0.4, -0.2) is 18.7 Å². The van der Waals surface area contributed by atoms with Gasteiger partial charge in [0.25, 0.3) is 0 Å². The molecule has 1 unspecified atom stereocenters. The molecule has 1 N–H and O–H groups in total. The van der Waals surface area contributed by atoms with E-state index >= 15 is 0 Å². The fraction of sp³-hybridized carbons (Fsp3) is 0.333. The maximum atomic E-state index is 13.2. The van der Waals surface area contributed by atoms with E-state index in [1.165, 1.54) is 12.1 Å². The van der Waals surface area contributed by atoms with Gasteiger partial charge in [0.15, 0.2) is 0 Å². The summed E-state index contributed by atoms with van der Waals surface area (Å²) < 4.78 is 19.9. The average Bonchev–Trinajstić information content (AvgIpc) is 2.68. The van der Waals surface area contributed by atoms with Crippen LogP contribution in [0.15, 0.2) is 22.7 Å². The SMILES string of the molecule is Fc1cc(Br)c2c(c1)C=CC1(CCNC1)O2. The van der Waals surface area contributed by atoms with Crippen LogP contribution in [0.25, 0.3) is 6.08 Å². The van der Waals surface area contributed by atoms with E-state index in [0.29, 0.717) is 4.47 Å². The minimum Gasteiger partial charge on any atom is -0.480 e. The zero-order valence-electron chi connectivity index (χ0n) is 8.59. The second-order valence-electron chi connectivity index (χ2n) is 4.23. The molecule has 0 bridgehead atoms. The molecule has 2 aliphatic rings. The topological polar surface area (TPSA) is 21.3 Å². The number of halogens is 2. The van der Waals surface area contributed by atoms with Gasteiger partial charge in [-0.25, -0.2) is 4.39 Å². The number of ether oxygens (including phenoxy) is 1. The van der Waals surface area contributed by atoms with E-state index in [9.17, 15) is 4.39 Å². The molecule has 4 heteroatoms. The first kappa shape index (κ1) is 10.3. The molecule has 0 aliphatic carbocycles. The van der Waals surface area contributed by atoms with Crippen LogP contribution in [0.5, 0.6) is 5.75 Å². The standard InChI is InChI=1S/C12H11BrFNO/c13-10-6-9(14)5-8-1-2-12(16-11(8)10)3-4-15-7-12/h1-2,5-6,15H,3-4,7H2. The molecule has 0 aromatic heterocycles. The van der Waals surface area contributed by atoms with Crippen LogP contribution >= 0.6 is 15.9 Å². The van der Waals surface area contributed by atoms with Crippen LogP contribution in [0, 0.1) is 5.82 Å². The van der Waals surface area contributed by atoms with Gasteiger partial charge < -0.3 is 10.1 Å². The van der Waals surface area contributed by atoms with Gasteiger partial charge in [-0.15, -0.1) is 0 Å². The quantitative estimate of drug-likeness (QED) is 0.791. The van der Waals surface area contributed by atoms with Gasteiger partial charge in [0.05, 0.1) is 4.47 Å². The van der Waals surface area contributed by atoms with E-state index in [1.807, 2.05) is 12.2 Å². The van der Waals surface area contributed by atoms with Crippen LogP contribution in [0.4, 0.5) is 4.39 Å². The molecule has 2 aliphatic heterocycles. The summed E-state index contributed by atoms with van der Waals surface area (Å²) in [6.07, 6.45) is 4.92. The smallest absolute Gasteiger partial charge is 0.142 e. The highest BCUT2D eigenvalue weighted by molar-refractivity contribution is 9.10. The molecule has 2 heterocycles. The average molecular weight is 284 g/mol. The van der Waals surface area contributed by atoms with E-state index in [0.717, 1.165) is 30.8 Å². The summed E-state index contributed by atoms with van der Waals surface area (Å²) >= 11 is 3.34. The molecule has 3 rings (SSSR count). The first-order valence-electron chi connectivity index (χ1n) is 5.27. The predicted octanol–water partition coefficient (Wildman–Crippen LogP) is 2.73. The van der Waals surface area contributed by atoms with E-state index < -0.39 is 0 Å². The molecule has 2 nitrogen and oxygen atoms in total. The number of benzene rings is 1. The van der Waals surface area contributed by atoms with Crippen molar-refractivity contribution in [2.45, 2.75) is 12.0 Å². The monoisotopic (exact) mass is 283 g/mol. The Morgan fingerprint density at radius 1 is 1.44 bits per heavy atom. The first-order valence-corrected chi connectivity index (χ1v) is 6.06. The summed E-state index contributed by atoms with van der Waals surface area (Å²) in [5.41, 5.74) is 0.553. The molecular weight excluding hydrogens is 273 g/mol. The minimum atomic E-state index is -0.251. The Balaban J connectivity index is 2.06. The van der Waals surface area contributed by atoms with Crippen LogP contribution in [0.3, 0.4) is 0 Å². The van der Waals surface area contributed by atoms with Gasteiger partial charge in [-0.1, -0.05) is 6.08 Å². The van der Waals surface area contributed by atoms with Crippen LogP contribution in [0.2, 0.25) is 0 Å². The Morgan fingerprint density at radius 3 is 3.06 bits per heavy atom. The molecular formula is C12H11BrFNO. The molecule has 84 valence electrons. The van der Waals surface area contributed by atoms with Gasteiger partial charge in [0, 0.05) is 18.5 Å². The number of rotatable bonds is 0. The number of hydrogen-bond donors (Lipinski definition) is 1. The predicted molar refractivity (Wildman–Crippen MR) is 64.0 cm³/mol. The van der Waals surface area contributed by atoms with Crippen LogP contribution < -0.4 is 10.1 Å². The van der Waals surface area contributed by atoms with Crippen molar-refractivity contribution in [3.05, 3.63) is 34.1 Å². The highest BCUT2D eigenvalue weighted by atomic mass is 79.9. The molecule has 16 heavy (non-hydrogen) atoms. The second kappa shape index (κ2) is 3.57. The molecule has 1 atom stereocenters.